The molecule has 4 nitrogen and oxygen atoms in total. The van der Waals surface area contributed by atoms with Gasteiger partial charge in [0.25, 0.3) is 0 Å². The summed E-state index contributed by atoms with van der Waals surface area (Å²) in [5.41, 5.74) is 10.3. The van der Waals surface area contributed by atoms with Crippen LogP contribution in [-0.2, 0) is 11.2 Å². The summed E-state index contributed by atoms with van der Waals surface area (Å²) in [6.45, 7) is 18.0. The van der Waals surface area contributed by atoms with Gasteiger partial charge in [-0.2, -0.15) is 0 Å². The van der Waals surface area contributed by atoms with E-state index < -0.39 is 0 Å². The van der Waals surface area contributed by atoms with Gasteiger partial charge in [-0.3, -0.25) is 4.79 Å². The van der Waals surface area contributed by atoms with Gasteiger partial charge in [-0.05, 0) is 43.2 Å². The molecule has 3 N–H and O–H groups in total. The van der Waals surface area contributed by atoms with Crippen molar-refractivity contribution in [1.29, 1.82) is 0 Å². The lowest BCUT2D eigenvalue weighted by Crippen LogP contribution is -2.41. The minimum atomic E-state index is -0.278. The molecule has 2 rings (SSSR count). The second-order valence-electron chi connectivity index (χ2n) is 9.04. The SMILES string of the molecule is C=C(N)CCC(=C)NC1BOc2c(cccc2C(=C)CCCC(=O)C(C)(C)C)C1. The highest BCUT2D eigenvalue weighted by Gasteiger charge is 2.25. The molecular weight excluding hydrogens is 359 g/mol. The van der Waals surface area contributed by atoms with Crippen LogP contribution >= 0.6 is 0 Å². The van der Waals surface area contributed by atoms with Crippen molar-refractivity contribution >= 4 is 18.8 Å². The number of nitrogens with two attached hydrogens (primary N) is 1. The fourth-order valence-electron chi connectivity index (χ4n) is 3.44. The number of ketones is 1. The molecule has 1 aromatic carbocycles. The minimum absolute atomic E-state index is 0.189. The average molecular weight is 394 g/mol. The largest absolute Gasteiger partial charge is 0.561 e. The molecule has 1 aromatic rings. The van der Waals surface area contributed by atoms with E-state index in [2.05, 4.69) is 43.3 Å². The molecule has 0 spiro atoms. The number of benzene rings is 1. The molecule has 0 bridgehead atoms. The van der Waals surface area contributed by atoms with E-state index in [1.54, 1.807) is 0 Å². The lowest BCUT2D eigenvalue weighted by atomic mass is 9.78. The maximum atomic E-state index is 12.1. The van der Waals surface area contributed by atoms with Gasteiger partial charge in [-0.1, -0.05) is 58.7 Å². The first-order chi connectivity index (χ1) is 13.6. The summed E-state index contributed by atoms with van der Waals surface area (Å²) < 4.78 is 6.12. The predicted octanol–water partition coefficient (Wildman–Crippen LogP) is 4.45. The molecule has 1 atom stereocenters. The maximum Gasteiger partial charge on any atom is 0.362 e. The van der Waals surface area contributed by atoms with Crippen molar-refractivity contribution in [3.05, 3.63) is 60.5 Å². The zero-order valence-corrected chi connectivity index (χ0v) is 18.3. The van der Waals surface area contributed by atoms with Crippen LogP contribution in [0, 0.1) is 5.41 Å². The van der Waals surface area contributed by atoms with Crippen molar-refractivity contribution in [3.63, 3.8) is 0 Å². The van der Waals surface area contributed by atoms with Gasteiger partial charge in [-0.15, -0.1) is 0 Å². The fourth-order valence-corrected chi connectivity index (χ4v) is 3.44. The van der Waals surface area contributed by atoms with E-state index in [1.807, 2.05) is 20.8 Å². The summed E-state index contributed by atoms with van der Waals surface area (Å²) >= 11 is 0. The van der Waals surface area contributed by atoms with E-state index in [9.17, 15) is 4.79 Å². The van der Waals surface area contributed by atoms with Crippen LogP contribution in [0.1, 0.15) is 64.0 Å². The number of hydrogen-bond donors (Lipinski definition) is 2. The molecule has 0 saturated heterocycles. The zero-order chi connectivity index (χ0) is 21.6. The Labute approximate surface area is 176 Å². The Morgan fingerprint density at radius 3 is 2.59 bits per heavy atom. The molecule has 0 aromatic heterocycles. The van der Waals surface area contributed by atoms with Crippen LogP contribution in [0.4, 0.5) is 0 Å². The molecular formula is C24H35BN2O2. The molecule has 1 unspecified atom stereocenters. The Morgan fingerprint density at radius 2 is 1.93 bits per heavy atom. The summed E-state index contributed by atoms with van der Waals surface area (Å²) in [4.78, 5) is 12.1. The Kier molecular flexibility index (Phi) is 7.77. The van der Waals surface area contributed by atoms with E-state index in [1.165, 1.54) is 5.56 Å². The van der Waals surface area contributed by atoms with E-state index in [0.717, 1.165) is 54.7 Å². The van der Waals surface area contributed by atoms with Gasteiger partial charge in [0.2, 0.25) is 0 Å². The zero-order valence-electron chi connectivity index (χ0n) is 18.3. The molecule has 29 heavy (non-hydrogen) atoms. The molecule has 156 valence electrons. The number of hydrogen-bond acceptors (Lipinski definition) is 4. The molecule has 1 aliphatic heterocycles. The smallest absolute Gasteiger partial charge is 0.362 e. The Hall–Kier alpha value is -2.43. The maximum absolute atomic E-state index is 12.1. The van der Waals surface area contributed by atoms with E-state index in [0.29, 0.717) is 25.4 Å². The number of para-hydroxylation sites is 1. The normalized spacial score (nSPS) is 15.5. The molecule has 0 fully saturated rings. The van der Waals surface area contributed by atoms with Gasteiger partial charge in [0, 0.05) is 34.7 Å². The number of Topliss-reactive ketones (excluding diaryl/α,β-unsaturated/α-hetero) is 1. The standard InChI is InChI=1S/C24H35BN2O2/c1-16(9-7-12-21(28)24(4,5)6)20-11-8-10-19-15-22(25-29-23(19)20)27-18(3)14-13-17(2)26/h8,10-11,22,25,27H,1-3,7,9,12-15,26H2,4-6H3. The third kappa shape index (κ3) is 6.84. The number of rotatable bonds is 10. The molecule has 1 aliphatic rings. The Morgan fingerprint density at radius 1 is 1.21 bits per heavy atom. The van der Waals surface area contributed by atoms with Gasteiger partial charge < -0.3 is 15.7 Å². The summed E-state index contributed by atoms with van der Waals surface area (Å²) in [5, 5.41) is 3.45. The number of nitrogens with one attached hydrogen (secondary N) is 1. The van der Waals surface area contributed by atoms with E-state index >= 15 is 0 Å². The third-order valence-corrected chi connectivity index (χ3v) is 5.25. The first-order valence-electron chi connectivity index (χ1n) is 10.4. The second-order valence-corrected chi connectivity index (χ2v) is 9.04. The first-order valence-corrected chi connectivity index (χ1v) is 10.4. The second kappa shape index (κ2) is 9.86. The van der Waals surface area contributed by atoms with Crippen LogP contribution in [0.3, 0.4) is 0 Å². The van der Waals surface area contributed by atoms with Gasteiger partial charge >= 0.3 is 7.48 Å². The number of allylic oxidation sites excluding steroid dienone is 3. The van der Waals surface area contributed by atoms with Crippen molar-refractivity contribution in [3.8, 4) is 5.75 Å². The molecule has 5 heteroatoms. The summed E-state index contributed by atoms with van der Waals surface area (Å²) in [7, 11) is 0.586. The van der Waals surface area contributed by atoms with Crippen molar-refractivity contribution in [1.82, 2.24) is 5.32 Å². The first kappa shape index (κ1) is 22.9. The molecule has 0 radical (unpaired) electrons. The Balaban J connectivity index is 1.94. The minimum Gasteiger partial charge on any atom is -0.561 e. The molecule has 0 saturated carbocycles. The van der Waals surface area contributed by atoms with Crippen molar-refractivity contribution in [2.45, 2.75) is 65.2 Å². The molecule has 0 amide bonds. The Bertz CT molecular complexity index is 793. The highest BCUT2D eigenvalue weighted by Crippen LogP contribution is 2.34. The van der Waals surface area contributed by atoms with Crippen LogP contribution in [0.25, 0.3) is 5.57 Å². The van der Waals surface area contributed by atoms with Crippen LogP contribution in [0.5, 0.6) is 5.75 Å². The van der Waals surface area contributed by atoms with Crippen LogP contribution in [0.2, 0.25) is 0 Å². The summed E-state index contributed by atoms with van der Waals surface area (Å²) in [6, 6.07) is 6.22. The van der Waals surface area contributed by atoms with Crippen molar-refractivity contribution in [2.75, 3.05) is 0 Å². The lowest BCUT2D eigenvalue weighted by Gasteiger charge is -2.28. The molecule has 1 heterocycles. The number of carbonyl (C=O) groups excluding carboxylic acids is 1. The highest BCUT2D eigenvalue weighted by molar-refractivity contribution is 6.31. The van der Waals surface area contributed by atoms with Crippen molar-refractivity contribution in [2.24, 2.45) is 11.1 Å². The summed E-state index contributed by atoms with van der Waals surface area (Å²) in [5.74, 6) is 1.41. The van der Waals surface area contributed by atoms with Crippen LogP contribution < -0.4 is 15.7 Å². The predicted molar refractivity (Wildman–Crippen MR) is 124 cm³/mol. The monoisotopic (exact) mass is 394 g/mol. The topological polar surface area (TPSA) is 64.3 Å². The van der Waals surface area contributed by atoms with E-state index in [-0.39, 0.29) is 11.4 Å². The van der Waals surface area contributed by atoms with Crippen LogP contribution in [0.15, 0.2) is 49.3 Å². The fraction of sp³-hybridized carbons (Fsp3) is 0.458. The van der Waals surface area contributed by atoms with Gasteiger partial charge in [0.1, 0.15) is 11.5 Å². The number of carbonyl (C=O) groups is 1. The average Bonchev–Trinajstić information content (AvgIpc) is 2.64. The van der Waals surface area contributed by atoms with E-state index in [4.69, 9.17) is 10.4 Å². The van der Waals surface area contributed by atoms with Gasteiger partial charge in [-0.25, -0.2) is 0 Å². The summed E-state index contributed by atoms with van der Waals surface area (Å²) in [6.07, 6.45) is 4.59. The lowest BCUT2D eigenvalue weighted by molar-refractivity contribution is -0.126. The van der Waals surface area contributed by atoms with Gasteiger partial charge in [0.05, 0.1) is 0 Å². The molecule has 0 aliphatic carbocycles. The number of fused-ring (bicyclic) bond motifs is 1. The van der Waals surface area contributed by atoms with Crippen LogP contribution in [-0.4, -0.2) is 19.2 Å². The van der Waals surface area contributed by atoms with Crippen molar-refractivity contribution < 1.29 is 9.45 Å². The quantitative estimate of drug-likeness (QED) is 0.576. The third-order valence-electron chi connectivity index (χ3n) is 5.25. The highest BCUT2D eigenvalue weighted by atomic mass is 16.4. The van der Waals surface area contributed by atoms with Gasteiger partial charge in [0.15, 0.2) is 0 Å².